The van der Waals surface area contributed by atoms with Crippen LogP contribution in [0.15, 0.2) is 47.4 Å². The Morgan fingerprint density at radius 1 is 1.19 bits per heavy atom. The van der Waals surface area contributed by atoms with Gasteiger partial charge in [-0.25, -0.2) is 0 Å². The summed E-state index contributed by atoms with van der Waals surface area (Å²) < 4.78 is 0.403. The Morgan fingerprint density at radius 2 is 1.88 bits per heavy atom. The van der Waals surface area contributed by atoms with Gasteiger partial charge >= 0.3 is 0 Å². The van der Waals surface area contributed by atoms with Crippen LogP contribution in [0.3, 0.4) is 0 Å². The molecule has 2 aromatic carbocycles. The molecule has 2 aromatic rings. The molecule has 4 nitrogen and oxygen atoms in total. The van der Waals surface area contributed by atoms with E-state index in [1.54, 1.807) is 36.4 Å². The van der Waals surface area contributed by atoms with Crippen molar-refractivity contribution < 1.29 is 9.59 Å². The van der Waals surface area contributed by atoms with Gasteiger partial charge in [-0.2, -0.15) is 0 Å². The molecule has 0 unspecified atom stereocenters. The number of carbonyl (C=O) groups excluding carboxylic acids is 2. The number of nitrogens with zero attached hydrogens (tertiary/aromatic N) is 1. The van der Waals surface area contributed by atoms with Gasteiger partial charge in [0.2, 0.25) is 5.91 Å². The molecule has 1 fully saturated rings. The van der Waals surface area contributed by atoms with Gasteiger partial charge in [0, 0.05) is 17.6 Å². The van der Waals surface area contributed by atoms with Crippen molar-refractivity contribution in [3.05, 3.63) is 63.0 Å². The second-order valence-electron chi connectivity index (χ2n) is 5.42. The summed E-state index contributed by atoms with van der Waals surface area (Å²) in [4.78, 5) is 25.7. The molecule has 1 saturated heterocycles. The standard InChI is InChI=1S/C18H12Cl2N2O2S2/c1-10(23)21-13-5-2-11(3-6-13)8-16-17(24)22(18(25)26-16)15-7-4-12(19)9-14(15)20/h2-9H,1H3,(H,21,23)/b16-8+. The molecule has 132 valence electrons. The van der Waals surface area contributed by atoms with Crippen molar-refractivity contribution >= 4 is 80.8 Å². The molecule has 0 atom stereocenters. The van der Waals surface area contributed by atoms with Crippen LogP contribution < -0.4 is 10.2 Å². The lowest BCUT2D eigenvalue weighted by Crippen LogP contribution is -2.27. The number of anilines is 2. The second kappa shape index (κ2) is 7.80. The van der Waals surface area contributed by atoms with E-state index in [-0.39, 0.29) is 11.8 Å². The van der Waals surface area contributed by atoms with Gasteiger partial charge in [-0.05, 0) is 42.0 Å². The van der Waals surface area contributed by atoms with Gasteiger partial charge in [0.15, 0.2) is 4.32 Å². The van der Waals surface area contributed by atoms with Crippen LogP contribution in [-0.2, 0) is 9.59 Å². The SMILES string of the molecule is CC(=O)Nc1ccc(/C=C2/SC(=S)N(c3ccc(Cl)cc3Cl)C2=O)cc1. The zero-order valence-corrected chi connectivity index (χ0v) is 16.6. The number of hydrogen-bond donors (Lipinski definition) is 1. The van der Waals surface area contributed by atoms with Gasteiger partial charge in [-0.3, -0.25) is 14.5 Å². The summed E-state index contributed by atoms with van der Waals surface area (Å²) in [5.74, 6) is -0.381. The first-order valence-corrected chi connectivity index (χ1v) is 9.44. The fraction of sp³-hybridized carbons (Fsp3) is 0.0556. The van der Waals surface area contributed by atoms with Crippen molar-refractivity contribution in [3.8, 4) is 0 Å². The number of benzene rings is 2. The topological polar surface area (TPSA) is 49.4 Å². The minimum atomic E-state index is -0.241. The van der Waals surface area contributed by atoms with Crippen molar-refractivity contribution in [2.24, 2.45) is 0 Å². The van der Waals surface area contributed by atoms with Crippen LogP contribution in [0.25, 0.3) is 6.08 Å². The molecule has 1 N–H and O–H groups in total. The normalized spacial score (nSPS) is 15.7. The van der Waals surface area contributed by atoms with Crippen LogP contribution in [0.4, 0.5) is 11.4 Å². The maximum absolute atomic E-state index is 12.8. The number of thiocarbonyl (C=S) groups is 1. The summed E-state index contributed by atoms with van der Waals surface area (Å²) in [6, 6.07) is 12.1. The third kappa shape index (κ3) is 4.10. The Balaban J connectivity index is 1.86. The lowest BCUT2D eigenvalue weighted by Gasteiger charge is -2.16. The van der Waals surface area contributed by atoms with Crippen LogP contribution in [-0.4, -0.2) is 16.1 Å². The maximum atomic E-state index is 12.8. The van der Waals surface area contributed by atoms with Crippen LogP contribution in [0, 0.1) is 0 Å². The molecule has 0 spiro atoms. The summed E-state index contributed by atoms with van der Waals surface area (Å²) in [7, 11) is 0. The molecular formula is C18H12Cl2N2O2S2. The van der Waals surface area contributed by atoms with E-state index in [1.807, 2.05) is 12.1 Å². The highest BCUT2D eigenvalue weighted by Crippen LogP contribution is 2.39. The van der Waals surface area contributed by atoms with Crippen molar-refractivity contribution in [3.63, 3.8) is 0 Å². The average molecular weight is 423 g/mol. The monoisotopic (exact) mass is 422 g/mol. The van der Waals surface area contributed by atoms with Crippen molar-refractivity contribution in [2.45, 2.75) is 6.92 Å². The molecule has 1 aliphatic heterocycles. The Labute approximate surface area is 170 Å². The molecule has 0 aliphatic carbocycles. The average Bonchev–Trinajstić information content (AvgIpc) is 2.83. The van der Waals surface area contributed by atoms with Gasteiger partial charge in [-0.1, -0.05) is 59.3 Å². The summed E-state index contributed by atoms with van der Waals surface area (Å²) in [6.45, 7) is 1.45. The largest absolute Gasteiger partial charge is 0.326 e. The van der Waals surface area contributed by atoms with E-state index in [0.717, 1.165) is 5.56 Å². The minimum Gasteiger partial charge on any atom is -0.326 e. The van der Waals surface area contributed by atoms with Crippen molar-refractivity contribution in [1.29, 1.82) is 0 Å². The summed E-state index contributed by atoms with van der Waals surface area (Å²) in [6.07, 6.45) is 1.75. The highest BCUT2D eigenvalue weighted by Gasteiger charge is 2.34. The predicted octanol–water partition coefficient (Wildman–Crippen LogP) is 5.36. The maximum Gasteiger partial charge on any atom is 0.270 e. The molecule has 3 rings (SSSR count). The zero-order chi connectivity index (χ0) is 18.8. The number of amides is 2. The molecular weight excluding hydrogens is 411 g/mol. The van der Waals surface area contributed by atoms with Crippen molar-refractivity contribution in [2.75, 3.05) is 10.2 Å². The number of thioether (sulfide) groups is 1. The molecule has 2 amide bonds. The van der Waals surface area contributed by atoms with Gasteiger partial charge in [0.25, 0.3) is 5.91 Å². The third-order valence-electron chi connectivity index (χ3n) is 3.47. The van der Waals surface area contributed by atoms with E-state index in [1.165, 1.54) is 23.6 Å². The van der Waals surface area contributed by atoms with Gasteiger partial charge in [0.05, 0.1) is 15.6 Å². The first kappa shape index (κ1) is 18.9. The Morgan fingerprint density at radius 3 is 2.50 bits per heavy atom. The molecule has 1 aliphatic rings. The van der Waals surface area contributed by atoms with E-state index in [9.17, 15) is 9.59 Å². The van der Waals surface area contributed by atoms with E-state index in [2.05, 4.69) is 5.32 Å². The van der Waals surface area contributed by atoms with E-state index in [4.69, 9.17) is 35.4 Å². The molecule has 0 aromatic heterocycles. The minimum absolute atomic E-state index is 0.140. The van der Waals surface area contributed by atoms with Gasteiger partial charge in [-0.15, -0.1) is 0 Å². The molecule has 8 heteroatoms. The summed E-state index contributed by atoms with van der Waals surface area (Å²) in [5, 5.41) is 3.54. The third-order valence-corrected chi connectivity index (χ3v) is 5.31. The van der Waals surface area contributed by atoms with Gasteiger partial charge < -0.3 is 5.32 Å². The van der Waals surface area contributed by atoms with Crippen molar-refractivity contribution in [1.82, 2.24) is 0 Å². The number of hydrogen-bond acceptors (Lipinski definition) is 4. The highest BCUT2D eigenvalue weighted by atomic mass is 35.5. The Hall–Kier alpha value is -1.86. The summed E-state index contributed by atoms with van der Waals surface area (Å²) >= 11 is 18.7. The Kier molecular flexibility index (Phi) is 5.67. The quantitative estimate of drug-likeness (QED) is 0.534. The van der Waals surface area contributed by atoms with E-state index >= 15 is 0 Å². The lowest BCUT2D eigenvalue weighted by molar-refractivity contribution is -0.114. The van der Waals surface area contributed by atoms with Gasteiger partial charge in [0.1, 0.15) is 0 Å². The number of halogens is 2. The lowest BCUT2D eigenvalue weighted by atomic mass is 10.2. The zero-order valence-electron chi connectivity index (χ0n) is 13.5. The van der Waals surface area contributed by atoms with E-state index < -0.39 is 0 Å². The summed E-state index contributed by atoms with van der Waals surface area (Å²) in [5.41, 5.74) is 2.01. The molecule has 26 heavy (non-hydrogen) atoms. The first-order valence-electron chi connectivity index (χ1n) is 7.46. The molecule has 1 heterocycles. The second-order valence-corrected chi connectivity index (χ2v) is 7.94. The molecule has 0 bridgehead atoms. The first-order chi connectivity index (χ1) is 12.3. The predicted molar refractivity (Wildman–Crippen MR) is 113 cm³/mol. The fourth-order valence-corrected chi connectivity index (χ4v) is 4.13. The van der Waals surface area contributed by atoms with Crippen LogP contribution in [0.2, 0.25) is 10.0 Å². The number of carbonyl (C=O) groups is 2. The van der Waals surface area contributed by atoms with Crippen LogP contribution in [0.1, 0.15) is 12.5 Å². The molecule has 0 radical (unpaired) electrons. The van der Waals surface area contributed by atoms with E-state index in [0.29, 0.717) is 30.6 Å². The van der Waals surface area contributed by atoms with Crippen LogP contribution in [0.5, 0.6) is 0 Å². The smallest absolute Gasteiger partial charge is 0.270 e. The fourth-order valence-electron chi connectivity index (χ4n) is 2.36. The number of nitrogens with one attached hydrogen (secondary N) is 1. The highest BCUT2D eigenvalue weighted by molar-refractivity contribution is 8.27. The molecule has 0 saturated carbocycles. The van der Waals surface area contributed by atoms with Crippen LogP contribution >= 0.6 is 47.2 Å². The number of rotatable bonds is 3. The Bertz CT molecular complexity index is 943.